The normalized spacial score (nSPS) is 23.4. The first-order chi connectivity index (χ1) is 10.9. The summed E-state index contributed by atoms with van der Waals surface area (Å²) < 4.78 is 39.6. The van der Waals surface area contributed by atoms with Crippen LogP contribution in [0.2, 0.25) is 0 Å². The Labute approximate surface area is 141 Å². The molecule has 0 radical (unpaired) electrons. The number of amides is 1. The van der Waals surface area contributed by atoms with E-state index in [1.807, 2.05) is 12.1 Å². The number of hydrogen-bond acceptors (Lipinski definition) is 2. The summed E-state index contributed by atoms with van der Waals surface area (Å²) in [6.07, 6.45) is -4.35. The van der Waals surface area contributed by atoms with Crippen molar-refractivity contribution in [2.24, 2.45) is 0 Å². The van der Waals surface area contributed by atoms with Crippen LogP contribution in [0, 0.1) is 0 Å². The van der Waals surface area contributed by atoms with E-state index in [-0.39, 0.29) is 23.9 Å². The number of carbonyl (C=O) groups is 1. The quantitative estimate of drug-likeness (QED) is 0.777. The monoisotopic (exact) mass is 342 g/mol. The molecule has 0 aromatic heterocycles. The largest absolute Gasteiger partial charge is 0.405 e. The van der Waals surface area contributed by atoms with Crippen molar-refractivity contribution in [3.8, 4) is 0 Å². The molecule has 1 heterocycles. The third-order valence-electron chi connectivity index (χ3n) is 4.73. The number of nitrogens with zero attached hydrogens (tertiary/aromatic N) is 2. The van der Waals surface area contributed by atoms with Gasteiger partial charge in [-0.2, -0.15) is 13.2 Å². The molecule has 24 heavy (non-hydrogen) atoms. The van der Waals surface area contributed by atoms with Gasteiger partial charge in [-0.15, -0.1) is 0 Å². The van der Waals surface area contributed by atoms with E-state index in [1.165, 1.54) is 16.8 Å². The van der Waals surface area contributed by atoms with E-state index in [0.717, 1.165) is 5.56 Å². The third-order valence-corrected chi connectivity index (χ3v) is 4.73. The first kappa shape index (κ1) is 18.8. The summed E-state index contributed by atoms with van der Waals surface area (Å²) in [5.74, 6) is -0.343. The van der Waals surface area contributed by atoms with Crippen molar-refractivity contribution in [2.75, 3.05) is 20.1 Å². The average molecular weight is 342 g/mol. The van der Waals surface area contributed by atoms with E-state index in [4.69, 9.17) is 0 Å². The third kappa shape index (κ3) is 3.91. The molecule has 0 spiro atoms. The molecule has 2 unspecified atom stereocenters. The van der Waals surface area contributed by atoms with Crippen LogP contribution in [-0.2, 0) is 5.41 Å². The van der Waals surface area contributed by atoms with Crippen molar-refractivity contribution in [1.29, 1.82) is 0 Å². The first-order valence-electron chi connectivity index (χ1n) is 8.09. The van der Waals surface area contributed by atoms with Crippen molar-refractivity contribution < 1.29 is 18.0 Å². The van der Waals surface area contributed by atoms with Gasteiger partial charge in [0.25, 0.3) is 5.91 Å². The van der Waals surface area contributed by atoms with E-state index >= 15 is 0 Å². The van der Waals surface area contributed by atoms with Crippen LogP contribution in [0.4, 0.5) is 13.2 Å². The molecule has 0 aliphatic carbocycles. The van der Waals surface area contributed by atoms with E-state index < -0.39 is 12.2 Å². The predicted molar refractivity (Wildman–Crippen MR) is 88.1 cm³/mol. The zero-order valence-corrected chi connectivity index (χ0v) is 14.8. The molecule has 2 rings (SSSR count). The zero-order valence-electron chi connectivity index (χ0n) is 14.8. The summed E-state index contributed by atoms with van der Waals surface area (Å²) in [5.41, 5.74) is 1.48. The Morgan fingerprint density at radius 2 is 1.62 bits per heavy atom. The van der Waals surface area contributed by atoms with Crippen molar-refractivity contribution in [3.05, 3.63) is 35.4 Å². The van der Waals surface area contributed by atoms with Crippen LogP contribution < -0.4 is 0 Å². The Bertz CT molecular complexity index is 590. The fraction of sp³-hybridized carbons (Fsp3) is 0.611. The lowest BCUT2D eigenvalue weighted by molar-refractivity contribution is -0.197. The topological polar surface area (TPSA) is 23.6 Å². The van der Waals surface area contributed by atoms with Crippen molar-refractivity contribution >= 4 is 5.91 Å². The fourth-order valence-corrected chi connectivity index (χ4v) is 2.96. The SMILES string of the molecule is CC1CN(C(=O)c2ccc(C(C)(C)C)cc2)CC(C(F)(F)F)N1C. The molecular weight excluding hydrogens is 317 g/mol. The maximum absolute atomic E-state index is 13.2. The number of piperazine rings is 1. The summed E-state index contributed by atoms with van der Waals surface area (Å²) >= 11 is 0. The molecule has 0 bridgehead atoms. The number of halogens is 3. The number of benzene rings is 1. The maximum Gasteiger partial charge on any atom is 0.405 e. The summed E-state index contributed by atoms with van der Waals surface area (Å²) in [6, 6.07) is 5.17. The molecule has 0 N–H and O–H groups in total. The number of carbonyl (C=O) groups excluding carboxylic acids is 1. The van der Waals surface area contributed by atoms with Gasteiger partial charge in [0, 0.05) is 24.7 Å². The Balaban J connectivity index is 2.20. The van der Waals surface area contributed by atoms with Gasteiger partial charge in [-0.25, -0.2) is 0 Å². The molecule has 2 atom stereocenters. The van der Waals surface area contributed by atoms with Gasteiger partial charge >= 0.3 is 6.18 Å². The van der Waals surface area contributed by atoms with E-state index in [9.17, 15) is 18.0 Å². The molecule has 1 amide bonds. The predicted octanol–water partition coefficient (Wildman–Crippen LogP) is 3.69. The van der Waals surface area contributed by atoms with E-state index in [0.29, 0.717) is 12.1 Å². The highest BCUT2D eigenvalue weighted by Gasteiger charge is 2.47. The van der Waals surface area contributed by atoms with E-state index in [2.05, 4.69) is 20.8 Å². The van der Waals surface area contributed by atoms with Crippen molar-refractivity contribution in [1.82, 2.24) is 9.80 Å². The molecule has 1 saturated heterocycles. The average Bonchev–Trinajstić information content (AvgIpc) is 2.47. The second-order valence-electron chi connectivity index (χ2n) is 7.61. The molecule has 1 aromatic rings. The second kappa shape index (κ2) is 6.39. The molecule has 3 nitrogen and oxygen atoms in total. The van der Waals surface area contributed by atoms with Gasteiger partial charge in [-0.1, -0.05) is 32.9 Å². The summed E-state index contributed by atoms with van der Waals surface area (Å²) in [4.78, 5) is 15.2. The van der Waals surface area contributed by atoms with Gasteiger partial charge in [-0.05, 0) is 37.1 Å². The molecule has 0 saturated carbocycles. The van der Waals surface area contributed by atoms with Gasteiger partial charge in [0.05, 0.1) is 0 Å². The van der Waals surface area contributed by atoms with Crippen LogP contribution in [0.3, 0.4) is 0 Å². The van der Waals surface area contributed by atoms with Crippen LogP contribution in [0.1, 0.15) is 43.6 Å². The fourth-order valence-electron chi connectivity index (χ4n) is 2.96. The van der Waals surface area contributed by atoms with Crippen LogP contribution in [0.15, 0.2) is 24.3 Å². The minimum Gasteiger partial charge on any atom is -0.335 e. The second-order valence-corrected chi connectivity index (χ2v) is 7.61. The Hall–Kier alpha value is -1.56. The Morgan fingerprint density at radius 1 is 1.08 bits per heavy atom. The highest BCUT2D eigenvalue weighted by atomic mass is 19.4. The molecule has 1 aliphatic heterocycles. The van der Waals surface area contributed by atoms with Gasteiger partial charge in [0.15, 0.2) is 0 Å². The lowest BCUT2D eigenvalue weighted by Gasteiger charge is -2.44. The van der Waals surface area contributed by atoms with Gasteiger partial charge in [-0.3, -0.25) is 9.69 Å². The molecule has 6 heteroatoms. The van der Waals surface area contributed by atoms with E-state index in [1.54, 1.807) is 19.1 Å². The standard InChI is InChI=1S/C18H25F3N2O/c1-12-10-23(11-15(22(12)5)18(19,20)21)16(24)13-6-8-14(9-7-13)17(2,3)4/h6-9,12,15H,10-11H2,1-5H3. The highest BCUT2D eigenvalue weighted by Crippen LogP contribution is 2.30. The van der Waals surface area contributed by atoms with Crippen molar-refractivity contribution in [2.45, 2.75) is 51.4 Å². The van der Waals surface area contributed by atoms with Crippen LogP contribution in [0.5, 0.6) is 0 Å². The number of likely N-dealkylation sites (N-methyl/N-ethyl adjacent to an activating group) is 1. The van der Waals surface area contributed by atoms with Crippen LogP contribution >= 0.6 is 0 Å². The number of hydrogen-bond donors (Lipinski definition) is 0. The smallest absolute Gasteiger partial charge is 0.335 e. The summed E-state index contributed by atoms with van der Waals surface area (Å²) in [7, 11) is 1.46. The minimum absolute atomic E-state index is 0.0364. The molecule has 1 aromatic carbocycles. The molecular formula is C18H25F3N2O. The lowest BCUT2D eigenvalue weighted by Crippen LogP contribution is -2.62. The Morgan fingerprint density at radius 3 is 2.08 bits per heavy atom. The van der Waals surface area contributed by atoms with Gasteiger partial charge in [0.2, 0.25) is 0 Å². The highest BCUT2D eigenvalue weighted by molar-refractivity contribution is 5.94. The first-order valence-corrected chi connectivity index (χ1v) is 8.09. The number of rotatable bonds is 1. The van der Waals surface area contributed by atoms with Gasteiger partial charge in [0.1, 0.15) is 6.04 Å². The van der Waals surface area contributed by atoms with Crippen LogP contribution in [0.25, 0.3) is 0 Å². The van der Waals surface area contributed by atoms with Crippen molar-refractivity contribution in [3.63, 3.8) is 0 Å². The van der Waals surface area contributed by atoms with Gasteiger partial charge < -0.3 is 4.90 Å². The molecule has 134 valence electrons. The zero-order chi connectivity index (χ0) is 18.3. The summed E-state index contributed by atoms with van der Waals surface area (Å²) in [5, 5.41) is 0. The van der Waals surface area contributed by atoms with Crippen LogP contribution in [-0.4, -0.2) is 54.1 Å². The minimum atomic E-state index is -4.35. The molecule has 1 fully saturated rings. The maximum atomic E-state index is 13.2. The lowest BCUT2D eigenvalue weighted by atomic mass is 9.86. The molecule has 1 aliphatic rings. The summed E-state index contributed by atoms with van der Waals surface area (Å²) in [6.45, 7) is 7.88. The Kier molecular flexibility index (Phi) is 5.00. The number of alkyl halides is 3.